The van der Waals surface area contributed by atoms with Gasteiger partial charge in [0, 0.05) is 12.0 Å². The molecule has 0 amide bonds. The average molecular weight is 368 g/mol. The average Bonchev–Trinajstić information content (AvgIpc) is 3.08. The Labute approximate surface area is 115 Å². The maximum Gasteiger partial charge on any atom is 0.149 e. The summed E-state index contributed by atoms with van der Waals surface area (Å²) < 4.78 is 26.7. The van der Waals surface area contributed by atoms with E-state index in [9.17, 15) is 13.6 Å². The number of Topliss-reactive ketones (excluding diaryl/α,β-unsaturated/α-hetero) is 1. The lowest BCUT2D eigenvalue weighted by atomic mass is 10.0. The summed E-state index contributed by atoms with van der Waals surface area (Å²) in [5, 5.41) is 0. The van der Waals surface area contributed by atoms with Crippen molar-refractivity contribution < 1.29 is 13.6 Å². The molecule has 0 N–H and O–H groups in total. The zero-order valence-electron chi connectivity index (χ0n) is 8.85. The number of halogens is 4. The molecular formula is C12H10Br2F2O. The van der Waals surface area contributed by atoms with Gasteiger partial charge in [0.15, 0.2) is 0 Å². The van der Waals surface area contributed by atoms with Gasteiger partial charge < -0.3 is 0 Å². The van der Waals surface area contributed by atoms with Crippen molar-refractivity contribution in [2.75, 3.05) is 0 Å². The van der Waals surface area contributed by atoms with Gasteiger partial charge in [-0.2, -0.15) is 0 Å². The summed E-state index contributed by atoms with van der Waals surface area (Å²) in [6.07, 6.45) is 2.10. The molecule has 0 aromatic heterocycles. The molecule has 1 aliphatic rings. The lowest BCUT2D eigenvalue weighted by molar-refractivity contribution is -0.119. The van der Waals surface area contributed by atoms with E-state index in [1.54, 1.807) is 0 Å². The first kappa shape index (κ1) is 13.1. The van der Waals surface area contributed by atoms with Crippen LogP contribution in [0.15, 0.2) is 16.6 Å². The maximum atomic E-state index is 13.5. The van der Waals surface area contributed by atoms with Crippen molar-refractivity contribution >= 4 is 37.6 Å². The third-order valence-electron chi connectivity index (χ3n) is 2.78. The van der Waals surface area contributed by atoms with Gasteiger partial charge in [0.2, 0.25) is 0 Å². The second kappa shape index (κ2) is 5.14. The summed E-state index contributed by atoms with van der Waals surface area (Å²) in [5.41, 5.74) is 0.342. The van der Waals surface area contributed by atoms with E-state index in [1.165, 1.54) is 6.07 Å². The largest absolute Gasteiger partial charge is 0.298 e. The molecule has 2 rings (SSSR count). The number of carbonyl (C=O) groups excluding carboxylic acids is 1. The van der Waals surface area contributed by atoms with E-state index in [1.807, 2.05) is 0 Å². The Hall–Kier alpha value is -0.290. The molecule has 17 heavy (non-hydrogen) atoms. The molecule has 5 heteroatoms. The summed E-state index contributed by atoms with van der Waals surface area (Å²) >= 11 is 6.28. The van der Waals surface area contributed by atoms with Gasteiger partial charge >= 0.3 is 0 Å². The molecule has 92 valence electrons. The molecule has 1 aromatic rings. The molecule has 1 fully saturated rings. The Kier molecular flexibility index (Phi) is 3.98. The highest BCUT2D eigenvalue weighted by Gasteiger charge is 2.33. The summed E-state index contributed by atoms with van der Waals surface area (Å²) in [7, 11) is 0. The van der Waals surface area contributed by atoms with Crippen LogP contribution in [0.25, 0.3) is 0 Å². The third kappa shape index (κ3) is 3.13. The number of alkyl halides is 1. The van der Waals surface area contributed by atoms with Crippen LogP contribution in [0.3, 0.4) is 0 Å². The molecular weight excluding hydrogens is 358 g/mol. The maximum absolute atomic E-state index is 13.5. The highest BCUT2D eigenvalue weighted by molar-refractivity contribution is 9.10. The molecule has 1 aliphatic carbocycles. The minimum Gasteiger partial charge on any atom is -0.298 e. The smallest absolute Gasteiger partial charge is 0.149 e. The standard InChI is InChI=1S/C12H10Br2F2O/c13-8-3-7(10(15)5-11(8)16)4-9(14)12(17)6-1-2-6/h3,5-6,9H,1-2,4H2. The number of ketones is 1. The number of hydrogen-bond acceptors (Lipinski definition) is 1. The molecule has 1 unspecified atom stereocenters. The first-order valence-electron chi connectivity index (χ1n) is 5.30. The van der Waals surface area contributed by atoms with Gasteiger partial charge in [0.1, 0.15) is 17.4 Å². The van der Waals surface area contributed by atoms with Crippen LogP contribution in [-0.2, 0) is 11.2 Å². The lowest BCUT2D eigenvalue weighted by Gasteiger charge is -2.10. The first-order valence-corrected chi connectivity index (χ1v) is 7.01. The number of rotatable bonds is 4. The first-order chi connectivity index (χ1) is 7.99. The van der Waals surface area contributed by atoms with E-state index >= 15 is 0 Å². The molecule has 1 atom stereocenters. The van der Waals surface area contributed by atoms with Crippen LogP contribution in [-0.4, -0.2) is 10.6 Å². The Morgan fingerprint density at radius 2 is 2.00 bits per heavy atom. The van der Waals surface area contributed by atoms with Gasteiger partial charge in [0.25, 0.3) is 0 Å². The van der Waals surface area contributed by atoms with Gasteiger partial charge in [-0.25, -0.2) is 8.78 Å². The summed E-state index contributed by atoms with van der Waals surface area (Å²) in [4.78, 5) is 11.3. The fourth-order valence-corrected chi connectivity index (χ4v) is 2.75. The molecule has 0 saturated heterocycles. The Bertz CT molecular complexity index is 458. The van der Waals surface area contributed by atoms with E-state index in [0.717, 1.165) is 18.9 Å². The molecule has 0 radical (unpaired) electrons. The lowest BCUT2D eigenvalue weighted by Crippen LogP contribution is -2.19. The molecule has 0 bridgehead atoms. The normalized spacial score (nSPS) is 16.9. The third-order valence-corrected chi connectivity index (χ3v) is 4.16. The van der Waals surface area contributed by atoms with Crippen LogP contribution in [0, 0.1) is 17.6 Å². The van der Waals surface area contributed by atoms with Gasteiger partial charge in [-0.15, -0.1) is 0 Å². The van der Waals surface area contributed by atoms with Gasteiger partial charge in [-0.3, -0.25) is 4.79 Å². The highest BCUT2D eigenvalue weighted by Crippen LogP contribution is 2.33. The molecule has 1 aromatic carbocycles. The second-order valence-corrected chi connectivity index (χ2v) is 6.17. The van der Waals surface area contributed by atoms with Crippen molar-refractivity contribution in [3.63, 3.8) is 0 Å². The van der Waals surface area contributed by atoms with Gasteiger partial charge in [0.05, 0.1) is 9.30 Å². The number of hydrogen-bond donors (Lipinski definition) is 0. The minimum absolute atomic E-state index is 0.116. The van der Waals surface area contributed by atoms with E-state index in [4.69, 9.17) is 0 Å². The fourth-order valence-electron chi connectivity index (χ4n) is 1.64. The van der Waals surface area contributed by atoms with Crippen LogP contribution < -0.4 is 0 Å². The minimum atomic E-state index is -0.633. The van der Waals surface area contributed by atoms with Crippen LogP contribution in [0.1, 0.15) is 18.4 Å². The van der Waals surface area contributed by atoms with Crippen molar-refractivity contribution in [3.8, 4) is 0 Å². The molecule has 0 spiro atoms. The number of benzene rings is 1. The highest BCUT2D eigenvalue weighted by atomic mass is 79.9. The molecule has 0 heterocycles. The summed E-state index contributed by atoms with van der Waals surface area (Å²) in [6.45, 7) is 0. The Balaban J connectivity index is 2.12. The predicted molar refractivity (Wildman–Crippen MR) is 68.2 cm³/mol. The summed E-state index contributed by atoms with van der Waals surface area (Å²) in [5.74, 6) is -0.999. The monoisotopic (exact) mass is 366 g/mol. The fraction of sp³-hybridized carbons (Fsp3) is 0.417. The Morgan fingerprint density at radius 1 is 1.35 bits per heavy atom. The van der Waals surface area contributed by atoms with E-state index in [-0.39, 0.29) is 27.4 Å². The summed E-state index contributed by atoms with van der Waals surface area (Å²) in [6, 6.07) is 2.22. The van der Waals surface area contributed by atoms with E-state index in [2.05, 4.69) is 31.9 Å². The predicted octanol–water partition coefficient (Wildman–Crippen LogP) is 4.01. The van der Waals surface area contributed by atoms with Crippen LogP contribution in [0.2, 0.25) is 0 Å². The van der Waals surface area contributed by atoms with E-state index < -0.39 is 11.6 Å². The SMILES string of the molecule is O=C(C(Br)Cc1cc(Br)c(F)cc1F)C1CC1. The van der Waals surface area contributed by atoms with Gasteiger partial charge in [-0.1, -0.05) is 15.9 Å². The van der Waals surface area contributed by atoms with Crippen molar-refractivity contribution in [2.24, 2.45) is 5.92 Å². The topological polar surface area (TPSA) is 17.1 Å². The van der Waals surface area contributed by atoms with Crippen LogP contribution in [0.5, 0.6) is 0 Å². The van der Waals surface area contributed by atoms with E-state index in [0.29, 0.717) is 5.56 Å². The molecule has 1 nitrogen and oxygen atoms in total. The van der Waals surface area contributed by atoms with Gasteiger partial charge in [-0.05, 0) is 46.8 Å². The zero-order valence-corrected chi connectivity index (χ0v) is 12.0. The number of carbonyl (C=O) groups is 1. The van der Waals surface area contributed by atoms with Crippen molar-refractivity contribution in [3.05, 3.63) is 33.8 Å². The molecule has 1 saturated carbocycles. The van der Waals surface area contributed by atoms with Crippen molar-refractivity contribution in [1.82, 2.24) is 0 Å². The van der Waals surface area contributed by atoms with Crippen molar-refractivity contribution in [2.45, 2.75) is 24.1 Å². The van der Waals surface area contributed by atoms with Crippen LogP contribution >= 0.6 is 31.9 Å². The molecule has 0 aliphatic heterocycles. The zero-order chi connectivity index (χ0) is 12.6. The Morgan fingerprint density at radius 3 is 2.59 bits per heavy atom. The second-order valence-electron chi connectivity index (χ2n) is 4.21. The van der Waals surface area contributed by atoms with Crippen LogP contribution in [0.4, 0.5) is 8.78 Å². The van der Waals surface area contributed by atoms with Crippen molar-refractivity contribution in [1.29, 1.82) is 0 Å². The quantitative estimate of drug-likeness (QED) is 0.580.